The second-order valence-corrected chi connectivity index (χ2v) is 9.03. The lowest BCUT2D eigenvalue weighted by molar-refractivity contribution is -0.136. The van der Waals surface area contributed by atoms with E-state index in [9.17, 15) is 9.59 Å². The predicted octanol–water partition coefficient (Wildman–Crippen LogP) is 4.03. The lowest BCUT2D eigenvalue weighted by Crippen LogP contribution is -2.38. The predicted molar refractivity (Wildman–Crippen MR) is 127 cm³/mol. The molecule has 9 heteroatoms. The van der Waals surface area contributed by atoms with E-state index in [1.165, 1.54) is 18.9 Å². The molecule has 0 bridgehead atoms. The molecule has 0 fully saturated rings. The topological polar surface area (TPSA) is 83.9 Å². The number of hydrogen-bond acceptors (Lipinski definition) is 8. The number of rotatable bonds is 8. The highest BCUT2D eigenvalue weighted by Gasteiger charge is 2.41. The van der Waals surface area contributed by atoms with Crippen LogP contribution in [-0.2, 0) is 20.7 Å². The first kappa shape index (κ1) is 22.3. The molecule has 1 amide bonds. The Hall–Kier alpha value is -2.91. The first-order valence-corrected chi connectivity index (χ1v) is 12.1. The molecular formula is C23H24N4O3S2. The Morgan fingerprint density at radius 3 is 2.81 bits per heavy atom. The Labute approximate surface area is 195 Å². The number of hydrogen-bond donors (Lipinski definition) is 1. The summed E-state index contributed by atoms with van der Waals surface area (Å²) in [6, 6.07) is 9.35. The van der Waals surface area contributed by atoms with Crippen LogP contribution in [0.3, 0.4) is 0 Å². The summed E-state index contributed by atoms with van der Waals surface area (Å²) in [6.45, 7) is 2.49. The molecule has 4 rings (SSSR count). The van der Waals surface area contributed by atoms with Crippen LogP contribution in [0.15, 0.2) is 69.3 Å². The van der Waals surface area contributed by atoms with Gasteiger partial charge in [0.1, 0.15) is 6.04 Å². The van der Waals surface area contributed by atoms with E-state index in [0.717, 1.165) is 27.1 Å². The Bertz CT molecular complexity index is 1080. The number of ether oxygens (including phenoxy) is 1. The highest BCUT2D eigenvalue weighted by molar-refractivity contribution is 8.16. The molecule has 0 saturated heterocycles. The summed E-state index contributed by atoms with van der Waals surface area (Å²) >= 11 is 3.05. The monoisotopic (exact) mass is 468 g/mol. The molecule has 0 radical (unpaired) electrons. The normalized spacial score (nSPS) is 17.6. The van der Waals surface area contributed by atoms with Crippen molar-refractivity contribution >= 4 is 40.1 Å². The Balaban J connectivity index is 1.52. The fourth-order valence-electron chi connectivity index (χ4n) is 3.73. The highest BCUT2D eigenvalue weighted by Crippen LogP contribution is 2.46. The first-order chi connectivity index (χ1) is 15.6. The maximum Gasteiger partial charge on any atom is 0.338 e. The molecule has 0 saturated carbocycles. The van der Waals surface area contributed by atoms with Gasteiger partial charge in [0.05, 0.1) is 24.8 Å². The summed E-state index contributed by atoms with van der Waals surface area (Å²) in [7, 11) is 1.39. The standard InChI is InChI=1S/C23H24N4O3S2/c1-3-17-20(22(29)30-2)21(18-8-6-12-31-18)27-16(14-32-23(27)26-17)13-19(28)25-11-9-15-7-4-5-10-24-15/h4-8,10,12,14,21H,3,9,11,13H2,1-2H3,(H,25,28). The molecule has 166 valence electrons. The van der Waals surface area contributed by atoms with Crippen LogP contribution in [0.5, 0.6) is 0 Å². The van der Waals surface area contributed by atoms with Gasteiger partial charge >= 0.3 is 5.97 Å². The van der Waals surface area contributed by atoms with Crippen LogP contribution in [0.25, 0.3) is 0 Å². The third-order valence-electron chi connectivity index (χ3n) is 5.21. The molecule has 7 nitrogen and oxygen atoms in total. The van der Waals surface area contributed by atoms with Crippen molar-refractivity contribution < 1.29 is 14.3 Å². The van der Waals surface area contributed by atoms with E-state index in [-0.39, 0.29) is 24.3 Å². The fourth-order valence-corrected chi connectivity index (χ4v) is 5.49. The van der Waals surface area contributed by atoms with Crippen molar-refractivity contribution in [2.24, 2.45) is 4.99 Å². The van der Waals surface area contributed by atoms with Gasteiger partial charge in [0.2, 0.25) is 5.91 Å². The first-order valence-electron chi connectivity index (χ1n) is 10.4. The number of methoxy groups -OCH3 is 1. The van der Waals surface area contributed by atoms with Crippen LogP contribution in [-0.4, -0.2) is 40.6 Å². The van der Waals surface area contributed by atoms with Crippen molar-refractivity contribution in [2.75, 3.05) is 13.7 Å². The second-order valence-electron chi connectivity index (χ2n) is 7.21. The molecule has 1 unspecified atom stereocenters. The van der Waals surface area contributed by atoms with E-state index in [0.29, 0.717) is 25.0 Å². The largest absolute Gasteiger partial charge is 0.466 e. The number of esters is 1. The van der Waals surface area contributed by atoms with Crippen molar-refractivity contribution in [1.29, 1.82) is 0 Å². The number of nitrogens with one attached hydrogen (secondary N) is 1. The van der Waals surface area contributed by atoms with Gasteiger partial charge in [-0.3, -0.25) is 9.78 Å². The van der Waals surface area contributed by atoms with Gasteiger partial charge in [0, 0.05) is 35.4 Å². The summed E-state index contributed by atoms with van der Waals surface area (Å²) < 4.78 is 5.11. The maximum atomic E-state index is 12.8. The molecule has 4 heterocycles. The number of fused-ring (bicyclic) bond motifs is 1. The molecule has 2 aromatic rings. The van der Waals surface area contributed by atoms with Crippen molar-refractivity contribution in [3.05, 3.63) is 74.9 Å². The zero-order chi connectivity index (χ0) is 22.5. The van der Waals surface area contributed by atoms with Gasteiger partial charge in [-0.2, -0.15) is 0 Å². The molecule has 2 aromatic heterocycles. The average Bonchev–Trinajstić information content (AvgIpc) is 3.48. The number of amidine groups is 1. The van der Waals surface area contributed by atoms with E-state index >= 15 is 0 Å². The van der Waals surface area contributed by atoms with Crippen LogP contribution in [0.2, 0.25) is 0 Å². The number of allylic oxidation sites excluding steroid dienone is 1. The summed E-state index contributed by atoms with van der Waals surface area (Å²) in [6.07, 6.45) is 3.24. The molecule has 1 N–H and O–H groups in total. The summed E-state index contributed by atoms with van der Waals surface area (Å²) in [5, 5.41) is 7.69. The Morgan fingerprint density at radius 2 is 2.12 bits per heavy atom. The molecular weight excluding hydrogens is 444 g/mol. The second kappa shape index (κ2) is 10.1. The van der Waals surface area contributed by atoms with Gasteiger partial charge in [-0.15, -0.1) is 11.3 Å². The SMILES string of the molecule is CCC1=C(C(=O)OC)C(c2cccs2)N2C(CC(=O)NCCc3ccccn3)=CSC2=N1. The van der Waals surface area contributed by atoms with Crippen molar-refractivity contribution in [3.8, 4) is 0 Å². The van der Waals surface area contributed by atoms with E-state index in [4.69, 9.17) is 9.73 Å². The van der Waals surface area contributed by atoms with E-state index in [2.05, 4.69) is 10.3 Å². The number of pyridine rings is 1. The van der Waals surface area contributed by atoms with Crippen LogP contribution in [0, 0.1) is 0 Å². The molecule has 1 atom stereocenters. The van der Waals surface area contributed by atoms with Gasteiger partial charge in [0.25, 0.3) is 0 Å². The lowest BCUT2D eigenvalue weighted by Gasteiger charge is -2.35. The van der Waals surface area contributed by atoms with E-state index in [1.807, 2.05) is 52.9 Å². The van der Waals surface area contributed by atoms with Crippen molar-refractivity contribution in [3.63, 3.8) is 0 Å². The number of carbonyl (C=O) groups is 2. The van der Waals surface area contributed by atoms with Gasteiger partial charge in [-0.25, -0.2) is 9.79 Å². The van der Waals surface area contributed by atoms with Crippen LogP contribution >= 0.6 is 23.1 Å². The third kappa shape index (κ3) is 4.63. The summed E-state index contributed by atoms with van der Waals surface area (Å²) in [4.78, 5) is 37.5. The number of nitrogens with zero attached hydrogens (tertiary/aromatic N) is 3. The van der Waals surface area contributed by atoms with Gasteiger partial charge in [-0.05, 0) is 35.4 Å². The number of aliphatic imine (C=N–C) groups is 1. The van der Waals surface area contributed by atoms with Crippen molar-refractivity contribution in [2.45, 2.75) is 32.2 Å². The van der Waals surface area contributed by atoms with Gasteiger partial charge < -0.3 is 15.0 Å². The number of thiophene rings is 1. The summed E-state index contributed by atoms with van der Waals surface area (Å²) in [5.74, 6) is -0.469. The quantitative estimate of drug-likeness (QED) is 0.589. The maximum absolute atomic E-state index is 12.8. The Kier molecular flexibility index (Phi) is 7.06. The van der Waals surface area contributed by atoms with E-state index < -0.39 is 0 Å². The third-order valence-corrected chi connectivity index (χ3v) is 7.03. The minimum atomic E-state index is -0.390. The van der Waals surface area contributed by atoms with Crippen LogP contribution in [0.4, 0.5) is 0 Å². The number of amides is 1. The van der Waals surface area contributed by atoms with Gasteiger partial charge in [-0.1, -0.05) is 30.8 Å². The fraction of sp³-hybridized carbons (Fsp3) is 0.304. The van der Waals surface area contributed by atoms with Crippen molar-refractivity contribution in [1.82, 2.24) is 15.2 Å². The zero-order valence-corrected chi connectivity index (χ0v) is 19.5. The highest BCUT2D eigenvalue weighted by atomic mass is 32.2. The number of aromatic nitrogens is 1. The number of thioether (sulfide) groups is 1. The molecule has 2 aliphatic rings. The minimum Gasteiger partial charge on any atom is -0.466 e. The van der Waals surface area contributed by atoms with Crippen LogP contribution < -0.4 is 5.32 Å². The Morgan fingerprint density at radius 1 is 1.25 bits per heavy atom. The number of carbonyl (C=O) groups excluding carboxylic acids is 2. The van der Waals surface area contributed by atoms with Gasteiger partial charge in [0.15, 0.2) is 5.17 Å². The average molecular weight is 469 g/mol. The summed E-state index contributed by atoms with van der Waals surface area (Å²) in [5.41, 5.74) is 3.01. The smallest absolute Gasteiger partial charge is 0.338 e. The van der Waals surface area contributed by atoms with Crippen LogP contribution in [0.1, 0.15) is 36.4 Å². The lowest BCUT2D eigenvalue weighted by atomic mass is 9.98. The molecule has 2 aliphatic heterocycles. The molecule has 0 spiro atoms. The minimum absolute atomic E-state index is 0.0798. The molecule has 0 aromatic carbocycles. The molecule has 32 heavy (non-hydrogen) atoms. The molecule has 0 aliphatic carbocycles. The zero-order valence-electron chi connectivity index (χ0n) is 17.9. The van der Waals surface area contributed by atoms with E-state index in [1.54, 1.807) is 17.5 Å².